The molecule has 0 bridgehead atoms. The Morgan fingerprint density at radius 2 is 1.97 bits per heavy atom. The molecule has 2 aromatic heterocycles. The summed E-state index contributed by atoms with van der Waals surface area (Å²) in [5, 5.41) is 0.743. The van der Waals surface area contributed by atoms with Gasteiger partial charge in [-0.05, 0) is 50.7 Å². The summed E-state index contributed by atoms with van der Waals surface area (Å²) in [6.45, 7) is 1.35. The van der Waals surface area contributed by atoms with E-state index in [1.54, 1.807) is 44.8 Å². The van der Waals surface area contributed by atoms with Crippen molar-refractivity contribution >= 4 is 78.3 Å². The second kappa shape index (κ2) is 9.40. The lowest BCUT2D eigenvalue weighted by atomic mass is 10.2. The Kier molecular flexibility index (Phi) is 7.13. The summed E-state index contributed by atoms with van der Waals surface area (Å²) in [5.41, 5.74) is 4.36. The number of fused-ring (bicyclic) bond motifs is 2. The van der Waals surface area contributed by atoms with Crippen LogP contribution in [0.5, 0.6) is 0 Å². The van der Waals surface area contributed by atoms with Gasteiger partial charge in [0.05, 0.1) is 25.9 Å². The minimum atomic E-state index is -0.0260. The maximum atomic E-state index is 13.4. The van der Waals surface area contributed by atoms with Crippen LogP contribution in [0, 0.1) is 0 Å². The van der Waals surface area contributed by atoms with E-state index in [4.69, 9.17) is 4.98 Å². The molecule has 0 saturated carbocycles. The van der Waals surface area contributed by atoms with Gasteiger partial charge in [0, 0.05) is 23.5 Å². The Morgan fingerprint density at radius 3 is 2.72 bits per heavy atom. The predicted molar refractivity (Wildman–Crippen MR) is 128 cm³/mol. The maximum absolute atomic E-state index is 13.4. The number of benzene rings is 2. The van der Waals surface area contributed by atoms with E-state index in [-0.39, 0.29) is 18.3 Å². The third-order valence-electron chi connectivity index (χ3n) is 4.42. The Balaban J connectivity index is 0.00000240. The highest BCUT2D eigenvalue weighted by molar-refractivity contribution is 7.98. The highest BCUT2D eigenvalue weighted by atomic mass is 35.5. The predicted octanol–water partition coefficient (Wildman–Crippen LogP) is 5.26. The number of hydrogen-bond donors (Lipinski definition) is 0. The zero-order valence-corrected chi connectivity index (χ0v) is 19.6. The molecule has 0 N–H and O–H groups in total. The molecule has 29 heavy (non-hydrogen) atoms. The topological polar surface area (TPSA) is 49.3 Å². The Morgan fingerprint density at radius 1 is 1.14 bits per heavy atom. The van der Waals surface area contributed by atoms with Crippen molar-refractivity contribution in [2.24, 2.45) is 0 Å². The van der Waals surface area contributed by atoms with Gasteiger partial charge in [0.1, 0.15) is 0 Å². The first-order valence-electron chi connectivity index (χ1n) is 8.80. The third kappa shape index (κ3) is 4.57. The van der Waals surface area contributed by atoms with Gasteiger partial charge in [-0.3, -0.25) is 9.69 Å². The quantitative estimate of drug-likeness (QED) is 0.364. The van der Waals surface area contributed by atoms with Gasteiger partial charge in [-0.1, -0.05) is 17.4 Å². The molecule has 0 saturated heterocycles. The van der Waals surface area contributed by atoms with E-state index >= 15 is 0 Å². The van der Waals surface area contributed by atoms with Crippen molar-refractivity contribution in [2.75, 3.05) is 38.3 Å². The minimum Gasteiger partial charge on any atom is -0.308 e. The van der Waals surface area contributed by atoms with Crippen molar-refractivity contribution < 1.29 is 4.79 Å². The molecule has 0 aliphatic carbocycles. The van der Waals surface area contributed by atoms with Crippen LogP contribution in [0.3, 0.4) is 0 Å². The van der Waals surface area contributed by atoms with E-state index in [1.807, 2.05) is 44.6 Å². The number of rotatable bonds is 6. The summed E-state index contributed by atoms with van der Waals surface area (Å²) in [6.07, 6.45) is 2.05. The first-order valence-corrected chi connectivity index (χ1v) is 11.7. The Labute approximate surface area is 188 Å². The number of thioether (sulfide) groups is 1. The van der Waals surface area contributed by atoms with Crippen molar-refractivity contribution in [1.82, 2.24) is 14.9 Å². The van der Waals surface area contributed by atoms with Crippen molar-refractivity contribution in [3.05, 3.63) is 47.5 Å². The zero-order valence-electron chi connectivity index (χ0n) is 16.3. The third-order valence-corrected chi connectivity index (χ3v) is 7.02. The number of likely N-dealkylation sites (N-methyl/N-ethyl adjacent to an activating group) is 1. The number of carbonyl (C=O) groups excluding carboxylic acids is 1. The van der Waals surface area contributed by atoms with Gasteiger partial charge in [0.15, 0.2) is 5.13 Å². The number of thiazole rings is 2. The molecule has 9 heteroatoms. The van der Waals surface area contributed by atoms with E-state index in [0.717, 1.165) is 37.0 Å². The number of para-hydroxylation sites is 1. The molecule has 2 aromatic carbocycles. The molecule has 0 aliphatic rings. The number of carbonyl (C=O) groups is 1. The zero-order chi connectivity index (χ0) is 19.7. The fourth-order valence-corrected chi connectivity index (χ4v) is 5.28. The van der Waals surface area contributed by atoms with Crippen LogP contribution < -0.4 is 4.90 Å². The number of halogens is 1. The van der Waals surface area contributed by atoms with Crippen molar-refractivity contribution in [2.45, 2.75) is 4.90 Å². The molecule has 0 unspecified atom stereocenters. The molecular weight excluding hydrogens is 444 g/mol. The normalized spacial score (nSPS) is 11.2. The molecule has 1 amide bonds. The van der Waals surface area contributed by atoms with Gasteiger partial charge in [0.25, 0.3) is 5.91 Å². The van der Waals surface area contributed by atoms with Crippen molar-refractivity contribution in [3.63, 3.8) is 0 Å². The standard InChI is InChI=1S/C20H20N4OS3.ClH/c1-23(2)9-10-24(19(25)13-7-8-14-17(11-13)27-12-21-14)20-22-18-15(26-3)5-4-6-16(18)28-20;/h4-8,11-12H,9-10H2,1-3H3;1H. The van der Waals surface area contributed by atoms with E-state index < -0.39 is 0 Å². The van der Waals surface area contributed by atoms with E-state index in [9.17, 15) is 4.79 Å². The van der Waals surface area contributed by atoms with Crippen LogP contribution in [-0.2, 0) is 0 Å². The lowest BCUT2D eigenvalue weighted by molar-refractivity contribution is 0.0985. The number of anilines is 1. The molecule has 2 heterocycles. The van der Waals surface area contributed by atoms with Gasteiger partial charge >= 0.3 is 0 Å². The number of hydrogen-bond acceptors (Lipinski definition) is 7. The first kappa shape index (κ1) is 22.0. The lowest BCUT2D eigenvalue weighted by Gasteiger charge is -2.22. The molecule has 0 fully saturated rings. The molecule has 0 atom stereocenters. The molecule has 0 radical (unpaired) electrons. The van der Waals surface area contributed by atoms with E-state index in [0.29, 0.717) is 12.1 Å². The number of amides is 1. The highest BCUT2D eigenvalue weighted by Gasteiger charge is 2.22. The Bertz CT molecular complexity index is 1140. The summed E-state index contributed by atoms with van der Waals surface area (Å²) in [7, 11) is 4.02. The fourth-order valence-electron chi connectivity index (χ4n) is 2.92. The monoisotopic (exact) mass is 464 g/mol. The van der Waals surface area contributed by atoms with E-state index in [2.05, 4.69) is 22.0 Å². The highest BCUT2D eigenvalue weighted by Crippen LogP contribution is 2.34. The fraction of sp³-hybridized carbons (Fsp3) is 0.250. The SMILES string of the molecule is CSc1cccc2sc(N(CCN(C)C)C(=O)c3ccc4ncsc4c3)nc12.Cl. The number of aromatic nitrogens is 2. The molecular formula is C20H21ClN4OS3. The van der Waals surface area contributed by atoms with Gasteiger partial charge in [-0.15, -0.1) is 35.5 Å². The van der Waals surface area contributed by atoms with Gasteiger partial charge in [-0.2, -0.15) is 0 Å². The molecule has 4 rings (SSSR count). The van der Waals surface area contributed by atoms with Crippen LogP contribution in [0.2, 0.25) is 0 Å². The summed E-state index contributed by atoms with van der Waals surface area (Å²) < 4.78 is 2.12. The van der Waals surface area contributed by atoms with Crippen LogP contribution in [0.25, 0.3) is 20.4 Å². The van der Waals surface area contributed by atoms with Gasteiger partial charge < -0.3 is 4.90 Å². The second-order valence-electron chi connectivity index (χ2n) is 6.60. The van der Waals surface area contributed by atoms with Crippen molar-refractivity contribution in [1.29, 1.82) is 0 Å². The average molecular weight is 465 g/mol. The molecule has 5 nitrogen and oxygen atoms in total. The van der Waals surface area contributed by atoms with Crippen LogP contribution >= 0.6 is 46.8 Å². The van der Waals surface area contributed by atoms with Crippen LogP contribution in [0.1, 0.15) is 10.4 Å². The van der Waals surface area contributed by atoms with Crippen molar-refractivity contribution in [3.8, 4) is 0 Å². The molecule has 152 valence electrons. The van der Waals surface area contributed by atoms with Crippen LogP contribution in [0.4, 0.5) is 5.13 Å². The Hall–Kier alpha value is -1.71. The molecule has 4 aromatic rings. The summed E-state index contributed by atoms with van der Waals surface area (Å²) >= 11 is 4.79. The average Bonchev–Trinajstić information content (AvgIpc) is 3.33. The minimum absolute atomic E-state index is 0. The smallest absolute Gasteiger partial charge is 0.260 e. The summed E-state index contributed by atoms with van der Waals surface area (Å²) in [4.78, 5) is 27.6. The van der Waals surface area contributed by atoms with Gasteiger partial charge in [-0.25, -0.2) is 9.97 Å². The first-order chi connectivity index (χ1) is 13.6. The maximum Gasteiger partial charge on any atom is 0.260 e. The summed E-state index contributed by atoms with van der Waals surface area (Å²) in [6, 6.07) is 11.9. The second-order valence-corrected chi connectivity index (χ2v) is 9.34. The van der Waals surface area contributed by atoms with Crippen LogP contribution in [0.15, 0.2) is 46.8 Å². The van der Waals surface area contributed by atoms with Crippen LogP contribution in [-0.4, -0.2) is 54.2 Å². The van der Waals surface area contributed by atoms with E-state index in [1.165, 1.54) is 0 Å². The largest absolute Gasteiger partial charge is 0.308 e. The molecule has 0 spiro atoms. The molecule has 0 aliphatic heterocycles. The summed E-state index contributed by atoms with van der Waals surface area (Å²) in [5.74, 6) is -0.0260. The lowest BCUT2D eigenvalue weighted by Crippen LogP contribution is -2.36. The van der Waals surface area contributed by atoms with Gasteiger partial charge in [0.2, 0.25) is 0 Å². The number of nitrogens with zero attached hydrogens (tertiary/aromatic N) is 4.